The van der Waals surface area contributed by atoms with E-state index >= 15 is 0 Å². The Morgan fingerprint density at radius 3 is 2.65 bits per heavy atom. The minimum absolute atomic E-state index is 0.0457. The Morgan fingerprint density at radius 2 is 2.00 bits per heavy atom. The van der Waals surface area contributed by atoms with Gasteiger partial charge >= 0.3 is 12.1 Å². The third-order valence-electron chi connectivity index (χ3n) is 4.01. The zero-order valence-electron chi connectivity index (χ0n) is 17.5. The molecule has 0 aliphatic rings. The summed E-state index contributed by atoms with van der Waals surface area (Å²) in [6.07, 6.45) is 0.815. The van der Waals surface area contributed by atoms with E-state index < -0.39 is 23.2 Å². The number of carbonyl (C=O) groups is 2. The fraction of sp³-hybridized carbons (Fsp3) is 0.316. The van der Waals surface area contributed by atoms with Crippen molar-refractivity contribution < 1.29 is 23.6 Å². The van der Waals surface area contributed by atoms with E-state index in [9.17, 15) is 14.4 Å². The fourth-order valence-corrected chi connectivity index (χ4v) is 2.78. The van der Waals surface area contributed by atoms with Crippen LogP contribution in [0.1, 0.15) is 31.3 Å². The summed E-state index contributed by atoms with van der Waals surface area (Å²) in [5.41, 5.74) is -0.563. The summed E-state index contributed by atoms with van der Waals surface area (Å²) >= 11 is 4.05. The molecule has 1 amide bonds. The largest absolute Gasteiger partial charge is 0.463 e. The van der Waals surface area contributed by atoms with Gasteiger partial charge in [0.1, 0.15) is 22.6 Å². The zero-order valence-corrected chi connectivity index (χ0v) is 18.4. The lowest BCUT2D eigenvalue weighted by Gasteiger charge is -2.25. The van der Waals surface area contributed by atoms with Gasteiger partial charge in [0.25, 0.3) is 11.3 Å². The molecule has 0 fully saturated rings. The average molecular weight is 447 g/mol. The Morgan fingerprint density at radius 1 is 1.29 bits per heavy atom. The molecule has 0 spiro atoms. The SMILES string of the molecule is COC(=O)c1onc2c(N(C)C(=O)OC(C)(C)C)cc(Nc3cccn(S)c3=O)nc12. The number of amides is 1. The number of nitrogens with zero attached hydrogens (tertiary/aromatic N) is 4. The van der Waals surface area contributed by atoms with Crippen molar-refractivity contribution in [3.63, 3.8) is 0 Å². The second-order valence-corrected chi connectivity index (χ2v) is 7.89. The van der Waals surface area contributed by atoms with E-state index in [-0.39, 0.29) is 34.0 Å². The summed E-state index contributed by atoms with van der Waals surface area (Å²) in [5, 5.41) is 6.74. The second-order valence-electron chi connectivity index (χ2n) is 7.46. The number of rotatable bonds is 4. The van der Waals surface area contributed by atoms with Crippen LogP contribution in [0.15, 0.2) is 33.7 Å². The van der Waals surface area contributed by atoms with Crippen molar-refractivity contribution in [2.24, 2.45) is 0 Å². The lowest BCUT2D eigenvalue weighted by atomic mass is 10.2. The summed E-state index contributed by atoms with van der Waals surface area (Å²) in [7, 11) is 2.66. The molecule has 11 nitrogen and oxygen atoms in total. The molecule has 0 bridgehead atoms. The lowest BCUT2D eigenvalue weighted by molar-refractivity contribution is 0.0554. The maximum Gasteiger partial charge on any atom is 0.414 e. The first-order valence-corrected chi connectivity index (χ1v) is 9.45. The number of aromatic nitrogens is 3. The van der Waals surface area contributed by atoms with E-state index in [1.807, 2.05) is 0 Å². The minimum Gasteiger partial charge on any atom is -0.463 e. The molecule has 3 rings (SSSR count). The van der Waals surface area contributed by atoms with Crippen LogP contribution in [0.25, 0.3) is 11.0 Å². The molecule has 0 aromatic carbocycles. The topological polar surface area (TPSA) is 129 Å². The van der Waals surface area contributed by atoms with E-state index in [1.54, 1.807) is 26.8 Å². The zero-order chi connectivity index (χ0) is 22.9. The summed E-state index contributed by atoms with van der Waals surface area (Å²) in [5.74, 6) is -0.891. The summed E-state index contributed by atoms with van der Waals surface area (Å²) < 4.78 is 16.3. The van der Waals surface area contributed by atoms with Gasteiger partial charge in [-0.15, -0.1) is 0 Å². The average Bonchev–Trinajstić information content (AvgIpc) is 3.12. The van der Waals surface area contributed by atoms with E-state index in [0.717, 1.165) is 3.97 Å². The highest BCUT2D eigenvalue weighted by atomic mass is 32.1. The number of methoxy groups -OCH3 is 1. The second kappa shape index (κ2) is 8.30. The Bertz CT molecular complexity index is 1210. The normalized spacial score (nSPS) is 11.3. The molecule has 0 aliphatic heterocycles. The highest BCUT2D eigenvalue weighted by molar-refractivity contribution is 7.78. The number of carbonyl (C=O) groups excluding carboxylic acids is 2. The first-order valence-electron chi connectivity index (χ1n) is 9.05. The van der Waals surface area contributed by atoms with E-state index in [2.05, 4.69) is 28.3 Å². The number of pyridine rings is 2. The van der Waals surface area contributed by atoms with Crippen molar-refractivity contribution in [3.8, 4) is 0 Å². The summed E-state index contributed by atoms with van der Waals surface area (Å²) in [6, 6.07) is 4.63. The predicted molar refractivity (Wildman–Crippen MR) is 116 cm³/mol. The molecule has 0 radical (unpaired) electrons. The number of ether oxygens (including phenoxy) is 2. The van der Waals surface area contributed by atoms with Crippen LogP contribution in [-0.4, -0.2) is 45.9 Å². The van der Waals surface area contributed by atoms with E-state index in [1.165, 1.54) is 37.4 Å². The number of thiol groups is 1. The van der Waals surface area contributed by atoms with Crippen LogP contribution in [0.2, 0.25) is 0 Å². The van der Waals surface area contributed by atoms with Gasteiger partial charge in [0.2, 0.25) is 0 Å². The molecule has 164 valence electrons. The number of hydrogen-bond donors (Lipinski definition) is 2. The molecule has 31 heavy (non-hydrogen) atoms. The Kier molecular flexibility index (Phi) is 5.93. The van der Waals surface area contributed by atoms with Gasteiger partial charge in [0, 0.05) is 19.3 Å². The van der Waals surface area contributed by atoms with Crippen LogP contribution in [0.3, 0.4) is 0 Å². The van der Waals surface area contributed by atoms with Crippen LogP contribution in [0, 0.1) is 0 Å². The third-order valence-corrected chi connectivity index (χ3v) is 4.32. The third kappa shape index (κ3) is 4.63. The van der Waals surface area contributed by atoms with Gasteiger partial charge < -0.3 is 19.3 Å². The van der Waals surface area contributed by atoms with Gasteiger partial charge in [0.15, 0.2) is 5.52 Å². The van der Waals surface area contributed by atoms with Gasteiger partial charge in [-0.05, 0) is 32.9 Å². The number of anilines is 3. The van der Waals surface area contributed by atoms with Gasteiger partial charge in [0.05, 0.1) is 12.8 Å². The van der Waals surface area contributed by atoms with Crippen LogP contribution >= 0.6 is 12.8 Å². The molecule has 12 heteroatoms. The molecular formula is C19H21N5O6S. The van der Waals surface area contributed by atoms with Gasteiger partial charge in [-0.25, -0.2) is 14.6 Å². The molecule has 0 aliphatic carbocycles. The first-order chi connectivity index (χ1) is 14.5. The molecule has 0 saturated heterocycles. The van der Waals surface area contributed by atoms with Crippen LogP contribution in [0.5, 0.6) is 0 Å². The van der Waals surface area contributed by atoms with E-state index in [0.29, 0.717) is 0 Å². The van der Waals surface area contributed by atoms with Crippen LogP contribution in [-0.2, 0) is 9.47 Å². The predicted octanol–water partition coefficient (Wildman–Crippen LogP) is 2.98. The standard InChI is InChI=1S/C19H21N5O6S/c1-19(2,3)29-18(27)23(4)11-9-12(20-10-7-6-8-24(31)16(10)25)21-14-13(11)22-30-15(14)17(26)28-5/h6-9,31H,1-5H3,(H,20,21). The molecule has 1 N–H and O–H groups in total. The maximum absolute atomic E-state index is 12.6. The minimum atomic E-state index is -0.796. The van der Waals surface area contributed by atoms with Crippen LogP contribution < -0.4 is 15.8 Å². The Labute approximate surface area is 182 Å². The molecule has 3 aromatic heterocycles. The lowest BCUT2D eigenvalue weighted by Crippen LogP contribution is -2.34. The van der Waals surface area contributed by atoms with Crippen molar-refractivity contribution in [1.29, 1.82) is 0 Å². The Hall–Kier alpha value is -3.54. The monoisotopic (exact) mass is 447 g/mol. The molecular weight excluding hydrogens is 426 g/mol. The Balaban J connectivity index is 2.15. The summed E-state index contributed by atoms with van der Waals surface area (Å²) in [6.45, 7) is 5.20. The molecule has 3 aromatic rings. The van der Waals surface area contributed by atoms with Crippen molar-refractivity contribution in [3.05, 3.63) is 40.5 Å². The van der Waals surface area contributed by atoms with Crippen molar-refractivity contribution >= 4 is 53.1 Å². The highest BCUT2D eigenvalue weighted by Crippen LogP contribution is 2.31. The first kappa shape index (κ1) is 22.2. The molecule has 0 unspecified atom stereocenters. The molecule has 0 atom stereocenters. The maximum atomic E-state index is 12.6. The number of fused-ring (bicyclic) bond motifs is 1. The van der Waals surface area contributed by atoms with Crippen LogP contribution in [0.4, 0.5) is 22.0 Å². The quantitative estimate of drug-likeness (QED) is 0.458. The van der Waals surface area contributed by atoms with E-state index in [4.69, 9.17) is 14.0 Å². The van der Waals surface area contributed by atoms with Crippen molar-refractivity contribution in [2.75, 3.05) is 24.4 Å². The smallest absolute Gasteiger partial charge is 0.414 e. The number of nitrogens with one attached hydrogen (secondary N) is 1. The molecule has 0 saturated carbocycles. The van der Waals surface area contributed by atoms with Crippen molar-refractivity contribution in [1.82, 2.24) is 14.1 Å². The fourth-order valence-electron chi connectivity index (χ4n) is 2.60. The number of hydrogen-bond acceptors (Lipinski definition) is 10. The van der Waals surface area contributed by atoms with Gasteiger partial charge in [-0.3, -0.25) is 13.7 Å². The van der Waals surface area contributed by atoms with Crippen molar-refractivity contribution in [2.45, 2.75) is 26.4 Å². The molecule has 3 heterocycles. The highest BCUT2D eigenvalue weighted by Gasteiger charge is 2.27. The number of esters is 1. The van der Waals surface area contributed by atoms with Gasteiger partial charge in [-0.1, -0.05) is 18.0 Å². The van der Waals surface area contributed by atoms with Gasteiger partial charge in [-0.2, -0.15) is 0 Å². The summed E-state index contributed by atoms with van der Waals surface area (Å²) in [4.78, 5) is 42.5.